The smallest absolute Gasteiger partial charge is 0.373 e. The number of hydrogen-bond acceptors (Lipinski definition) is 9. The number of esters is 1. The van der Waals surface area contributed by atoms with Crippen molar-refractivity contribution < 1.29 is 43.7 Å². The Morgan fingerprint density at radius 3 is 2.35 bits per heavy atom. The molecule has 0 bridgehead atoms. The van der Waals surface area contributed by atoms with Crippen LogP contribution in [-0.4, -0.2) is 66.7 Å². The summed E-state index contributed by atoms with van der Waals surface area (Å²) in [4.78, 5) is 16.1. The molecule has 2 N–H and O–H groups in total. The average molecular weight is 294 g/mol. The first-order valence-electron chi connectivity index (χ1n) is 5.94. The maximum absolute atomic E-state index is 11.8. The minimum absolute atomic E-state index is 0.0548. The van der Waals surface area contributed by atoms with E-state index >= 15 is 0 Å². The van der Waals surface area contributed by atoms with Crippen molar-refractivity contribution in [2.45, 2.75) is 43.4 Å². The SMILES string of the molecule is COC1(O)C(=O)OC(C2COC(C)(C)O2)C1(OC)OO. The van der Waals surface area contributed by atoms with Gasteiger partial charge in [-0.25, -0.2) is 10.1 Å². The monoisotopic (exact) mass is 294 g/mol. The minimum Gasteiger partial charge on any atom is -0.449 e. The first-order valence-corrected chi connectivity index (χ1v) is 5.94. The molecule has 2 aliphatic heterocycles. The molecule has 0 aromatic heterocycles. The lowest BCUT2D eigenvalue weighted by atomic mass is 9.99. The van der Waals surface area contributed by atoms with E-state index in [1.54, 1.807) is 13.8 Å². The van der Waals surface area contributed by atoms with Gasteiger partial charge in [0.05, 0.1) is 6.61 Å². The lowest BCUT2D eigenvalue weighted by Gasteiger charge is -2.36. The van der Waals surface area contributed by atoms with Crippen molar-refractivity contribution in [3.05, 3.63) is 0 Å². The van der Waals surface area contributed by atoms with Crippen LogP contribution in [0, 0.1) is 0 Å². The van der Waals surface area contributed by atoms with Crippen molar-refractivity contribution in [3.63, 3.8) is 0 Å². The Morgan fingerprint density at radius 2 is 1.95 bits per heavy atom. The maximum atomic E-state index is 11.8. The second kappa shape index (κ2) is 4.88. The highest BCUT2D eigenvalue weighted by Gasteiger charge is 2.75. The molecule has 116 valence electrons. The molecule has 0 saturated carbocycles. The van der Waals surface area contributed by atoms with E-state index in [-0.39, 0.29) is 6.61 Å². The number of hydrogen-bond donors (Lipinski definition) is 2. The minimum atomic E-state index is -2.63. The predicted molar refractivity (Wildman–Crippen MR) is 60.2 cm³/mol. The van der Waals surface area contributed by atoms with E-state index in [9.17, 15) is 9.90 Å². The van der Waals surface area contributed by atoms with E-state index < -0.39 is 35.5 Å². The molecule has 2 fully saturated rings. The third-order valence-electron chi connectivity index (χ3n) is 3.46. The highest BCUT2D eigenvalue weighted by molar-refractivity contribution is 5.82. The van der Waals surface area contributed by atoms with Gasteiger partial charge in [0.1, 0.15) is 6.10 Å². The van der Waals surface area contributed by atoms with E-state index in [4.69, 9.17) is 28.9 Å². The summed E-state index contributed by atoms with van der Waals surface area (Å²) in [5.74, 6) is -6.97. The van der Waals surface area contributed by atoms with Gasteiger partial charge in [-0.2, -0.15) is 4.89 Å². The lowest BCUT2D eigenvalue weighted by Crippen LogP contribution is -2.64. The first-order chi connectivity index (χ1) is 9.26. The fraction of sp³-hybridized carbons (Fsp3) is 0.909. The Kier molecular flexibility index (Phi) is 3.80. The van der Waals surface area contributed by atoms with Gasteiger partial charge in [-0.3, -0.25) is 0 Å². The normalized spacial score (nSPS) is 43.8. The Labute approximate surface area is 115 Å². The van der Waals surface area contributed by atoms with Crippen molar-refractivity contribution in [3.8, 4) is 0 Å². The summed E-state index contributed by atoms with van der Waals surface area (Å²) in [6.45, 7) is 3.39. The Bertz CT molecular complexity index is 391. The van der Waals surface area contributed by atoms with Crippen LogP contribution in [0.1, 0.15) is 13.8 Å². The molecule has 20 heavy (non-hydrogen) atoms. The van der Waals surface area contributed by atoms with Gasteiger partial charge >= 0.3 is 17.5 Å². The molecular formula is C11H18O9. The largest absolute Gasteiger partial charge is 0.449 e. The molecule has 4 atom stereocenters. The molecule has 0 spiro atoms. The standard InChI is InChI=1S/C11H18O9/c1-9(2)17-5-6(19-9)7-11(16-4,20-14)10(13,15-3)8(12)18-7/h6-7,13-14H,5H2,1-4H3. The van der Waals surface area contributed by atoms with E-state index in [2.05, 4.69) is 4.89 Å². The van der Waals surface area contributed by atoms with Crippen molar-refractivity contribution in [2.24, 2.45) is 0 Å². The predicted octanol–water partition coefficient (Wildman–Crippen LogP) is -0.769. The average Bonchev–Trinajstić information content (AvgIpc) is 2.87. The van der Waals surface area contributed by atoms with Gasteiger partial charge in [0, 0.05) is 14.2 Å². The fourth-order valence-electron chi connectivity index (χ4n) is 2.42. The zero-order valence-electron chi connectivity index (χ0n) is 11.6. The van der Waals surface area contributed by atoms with E-state index in [1.165, 1.54) is 0 Å². The molecule has 2 aliphatic rings. The molecule has 0 radical (unpaired) electrons. The number of carbonyl (C=O) groups excluding carboxylic acids is 1. The summed E-state index contributed by atoms with van der Waals surface area (Å²) in [5, 5.41) is 19.4. The van der Waals surface area contributed by atoms with Gasteiger partial charge in [0.2, 0.25) is 0 Å². The number of ether oxygens (including phenoxy) is 5. The van der Waals surface area contributed by atoms with Crippen LogP contribution in [0.2, 0.25) is 0 Å². The lowest BCUT2D eigenvalue weighted by molar-refractivity contribution is -0.471. The molecular weight excluding hydrogens is 276 g/mol. The summed E-state index contributed by atoms with van der Waals surface area (Å²) in [6.07, 6.45) is -2.10. The maximum Gasteiger partial charge on any atom is 0.373 e. The van der Waals surface area contributed by atoms with Gasteiger partial charge < -0.3 is 28.8 Å². The Morgan fingerprint density at radius 1 is 1.30 bits per heavy atom. The molecule has 9 heteroatoms. The number of methoxy groups -OCH3 is 2. The van der Waals surface area contributed by atoms with E-state index in [0.29, 0.717) is 0 Å². The molecule has 0 aliphatic carbocycles. The van der Waals surface area contributed by atoms with Crippen LogP contribution >= 0.6 is 0 Å². The van der Waals surface area contributed by atoms with Crippen LogP contribution in [0.4, 0.5) is 0 Å². The van der Waals surface area contributed by atoms with Crippen LogP contribution in [0.15, 0.2) is 0 Å². The van der Waals surface area contributed by atoms with E-state index in [1.807, 2.05) is 0 Å². The summed E-state index contributed by atoms with van der Waals surface area (Å²) in [7, 11) is 2.17. The van der Waals surface area contributed by atoms with Crippen molar-refractivity contribution in [2.75, 3.05) is 20.8 Å². The zero-order valence-corrected chi connectivity index (χ0v) is 11.6. The summed E-state index contributed by atoms with van der Waals surface area (Å²) >= 11 is 0. The molecule has 0 aromatic carbocycles. The zero-order chi connectivity index (χ0) is 15.2. The van der Waals surface area contributed by atoms with Gasteiger partial charge in [0.25, 0.3) is 0 Å². The number of carbonyl (C=O) groups is 1. The van der Waals surface area contributed by atoms with Crippen LogP contribution in [-0.2, 0) is 33.4 Å². The third kappa shape index (κ3) is 1.94. The second-order valence-electron chi connectivity index (χ2n) is 5.00. The number of rotatable bonds is 4. The first kappa shape index (κ1) is 15.6. The number of aliphatic hydroxyl groups is 1. The van der Waals surface area contributed by atoms with Crippen LogP contribution < -0.4 is 0 Å². The van der Waals surface area contributed by atoms with Crippen LogP contribution in [0.25, 0.3) is 0 Å². The topological polar surface area (TPSA) is 113 Å². The molecule has 2 rings (SSSR count). The third-order valence-corrected chi connectivity index (χ3v) is 3.46. The van der Waals surface area contributed by atoms with Gasteiger partial charge in [0.15, 0.2) is 11.9 Å². The van der Waals surface area contributed by atoms with Gasteiger partial charge in [-0.1, -0.05) is 0 Å². The molecule has 0 amide bonds. The second-order valence-corrected chi connectivity index (χ2v) is 5.00. The Hall–Kier alpha value is -0.810. The fourth-order valence-corrected chi connectivity index (χ4v) is 2.42. The molecule has 9 nitrogen and oxygen atoms in total. The summed E-state index contributed by atoms with van der Waals surface area (Å²) < 4.78 is 25.6. The highest BCUT2D eigenvalue weighted by Crippen LogP contribution is 2.44. The quantitative estimate of drug-likeness (QED) is 0.298. The van der Waals surface area contributed by atoms with Gasteiger partial charge in [-0.05, 0) is 13.8 Å². The van der Waals surface area contributed by atoms with Crippen molar-refractivity contribution in [1.82, 2.24) is 0 Å². The molecule has 0 aromatic rings. The number of cyclic esters (lactones) is 1. The Balaban J connectivity index is 2.36. The summed E-state index contributed by atoms with van der Waals surface area (Å²) in [6, 6.07) is 0. The van der Waals surface area contributed by atoms with Crippen LogP contribution in [0.5, 0.6) is 0 Å². The van der Waals surface area contributed by atoms with E-state index in [0.717, 1.165) is 14.2 Å². The highest BCUT2D eigenvalue weighted by atomic mass is 17.2. The molecule has 2 heterocycles. The van der Waals surface area contributed by atoms with Gasteiger partial charge in [-0.15, -0.1) is 0 Å². The van der Waals surface area contributed by atoms with Crippen molar-refractivity contribution >= 4 is 5.97 Å². The molecule has 4 unspecified atom stereocenters. The summed E-state index contributed by atoms with van der Waals surface area (Å²) in [5.41, 5.74) is 0. The molecule has 2 saturated heterocycles. The van der Waals surface area contributed by atoms with Crippen LogP contribution in [0.3, 0.4) is 0 Å². The van der Waals surface area contributed by atoms with Crippen molar-refractivity contribution in [1.29, 1.82) is 0 Å².